The van der Waals surface area contributed by atoms with Crippen LogP contribution in [0.3, 0.4) is 0 Å². The van der Waals surface area contributed by atoms with Gasteiger partial charge in [-0.15, -0.1) is 0 Å². The van der Waals surface area contributed by atoms with Crippen LogP contribution < -0.4 is 0 Å². The van der Waals surface area contributed by atoms with Crippen LogP contribution in [0.15, 0.2) is 75.7 Å². The van der Waals surface area contributed by atoms with E-state index in [0.29, 0.717) is 4.90 Å². The first-order chi connectivity index (χ1) is 13.2. The van der Waals surface area contributed by atoms with Gasteiger partial charge in [-0.25, -0.2) is 9.00 Å². The first-order valence-electron chi connectivity index (χ1n) is 9.01. The van der Waals surface area contributed by atoms with Gasteiger partial charge in [-0.05, 0) is 43.4 Å². The molecular formula is C21H27NO4SSi. The molecule has 0 aliphatic heterocycles. The van der Waals surface area contributed by atoms with Crippen molar-refractivity contribution in [2.24, 2.45) is 4.03 Å². The summed E-state index contributed by atoms with van der Waals surface area (Å²) in [6.45, 7) is 6.10. The Morgan fingerprint density at radius 2 is 1.64 bits per heavy atom. The normalized spacial score (nSPS) is 14.9. The number of ether oxygens (including phenoxy) is 2. The van der Waals surface area contributed by atoms with Crippen LogP contribution in [0.5, 0.6) is 0 Å². The highest BCUT2D eigenvalue weighted by Crippen LogP contribution is 2.21. The Bertz CT molecular complexity index is 914. The van der Waals surface area contributed by atoms with Crippen molar-refractivity contribution in [1.29, 1.82) is 0 Å². The Morgan fingerprint density at radius 3 is 2.18 bits per heavy atom. The number of nitrogens with zero attached hydrogens (tertiary/aromatic N) is 1. The Morgan fingerprint density at radius 1 is 1.07 bits per heavy atom. The quantitative estimate of drug-likeness (QED) is 0.458. The van der Waals surface area contributed by atoms with E-state index in [1.165, 1.54) is 7.11 Å². The van der Waals surface area contributed by atoms with Crippen LogP contribution in [0.1, 0.15) is 5.56 Å². The molecule has 0 aromatic heterocycles. The fourth-order valence-electron chi connectivity index (χ4n) is 2.57. The molecule has 0 spiro atoms. The van der Waals surface area contributed by atoms with Gasteiger partial charge in [-0.3, -0.25) is 4.03 Å². The second-order valence-electron chi connectivity index (χ2n) is 7.26. The molecule has 0 aliphatic rings. The summed E-state index contributed by atoms with van der Waals surface area (Å²) in [6, 6.07) is 18.8. The van der Waals surface area contributed by atoms with Gasteiger partial charge in [0.05, 0.1) is 22.6 Å². The second kappa shape index (κ2) is 9.70. The van der Waals surface area contributed by atoms with E-state index in [1.807, 2.05) is 86.4 Å². The van der Waals surface area contributed by atoms with Crippen molar-refractivity contribution >= 4 is 30.2 Å². The molecule has 0 heterocycles. The van der Waals surface area contributed by atoms with Crippen LogP contribution in [-0.4, -0.2) is 37.6 Å². The third-order valence-corrected chi connectivity index (χ3v) is 8.80. The van der Waals surface area contributed by atoms with Crippen LogP contribution in [0.4, 0.5) is 4.79 Å². The molecule has 0 radical (unpaired) electrons. The lowest BCUT2D eigenvalue weighted by Gasteiger charge is -2.20. The van der Waals surface area contributed by atoms with Gasteiger partial charge in [-0.2, -0.15) is 0 Å². The van der Waals surface area contributed by atoms with Crippen molar-refractivity contribution < 1.29 is 18.5 Å². The highest BCUT2D eigenvalue weighted by Gasteiger charge is 2.25. The molecule has 0 fully saturated rings. The van der Waals surface area contributed by atoms with E-state index in [9.17, 15) is 9.00 Å². The minimum atomic E-state index is -2.78. The summed E-state index contributed by atoms with van der Waals surface area (Å²) in [7, 11) is -3.55. The first kappa shape index (κ1) is 21.9. The fourth-order valence-corrected chi connectivity index (χ4v) is 8.23. The molecule has 0 saturated heterocycles. The van der Waals surface area contributed by atoms with E-state index in [2.05, 4.69) is 4.74 Å². The summed E-state index contributed by atoms with van der Waals surface area (Å²) >= 11 is 0. The maximum Gasteiger partial charge on any atom is 0.508 e. The number of carbonyl (C=O) groups is 1. The lowest BCUT2D eigenvalue weighted by molar-refractivity contribution is 0.0590. The molecule has 28 heavy (non-hydrogen) atoms. The van der Waals surface area contributed by atoms with Gasteiger partial charge >= 0.3 is 6.16 Å². The monoisotopic (exact) mass is 417 g/mol. The Balaban J connectivity index is 2.42. The zero-order valence-electron chi connectivity index (χ0n) is 16.7. The van der Waals surface area contributed by atoms with Crippen molar-refractivity contribution in [3.8, 4) is 0 Å². The van der Waals surface area contributed by atoms with E-state index >= 15 is 0 Å². The van der Waals surface area contributed by atoms with Gasteiger partial charge < -0.3 is 9.47 Å². The van der Waals surface area contributed by atoms with Crippen molar-refractivity contribution in [2.45, 2.75) is 30.6 Å². The van der Waals surface area contributed by atoms with E-state index < -0.39 is 30.2 Å². The molecule has 0 amide bonds. The predicted molar refractivity (Wildman–Crippen MR) is 116 cm³/mol. The fraction of sp³-hybridized carbons (Fsp3) is 0.286. The third kappa shape index (κ3) is 6.98. The van der Waals surface area contributed by atoms with Crippen LogP contribution in [0.25, 0.3) is 6.08 Å². The van der Waals surface area contributed by atoms with Crippen LogP contribution in [0, 0.1) is 0 Å². The molecule has 2 atom stereocenters. The summed E-state index contributed by atoms with van der Waals surface area (Å²) in [5.74, 6) is 0.0692. The molecule has 2 rings (SSSR count). The van der Waals surface area contributed by atoms with Crippen LogP contribution in [-0.2, 0) is 19.2 Å². The van der Waals surface area contributed by atoms with E-state index in [-0.39, 0.29) is 5.75 Å². The number of hydrogen-bond donors (Lipinski definition) is 0. The average Bonchev–Trinajstić information content (AvgIpc) is 2.66. The molecule has 0 aliphatic carbocycles. The number of hydrogen-bond acceptors (Lipinski definition) is 5. The molecule has 7 heteroatoms. The first-order valence-corrected chi connectivity index (χ1v) is 14.1. The van der Waals surface area contributed by atoms with Gasteiger partial charge in [0.15, 0.2) is 8.24 Å². The highest BCUT2D eigenvalue weighted by molar-refractivity contribution is 7.94. The van der Waals surface area contributed by atoms with E-state index in [4.69, 9.17) is 8.77 Å². The van der Waals surface area contributed by atoms with Crippen molar-refractivity contribution in [3.05, 3.63) is 72.3 Å². The smallest absolute Gasteiger partial charge is 0.438 e. The number of carbonyl (C=O) groups excluding carboxylic acids is 1. The summed E-state index contributed by atoms with van der Waals surface area (Å²) in [5.41, 5.74) is 0.953. The van der Waals surface area contributed by atoms with Crippen molar-refractivity contribution in [2.75, 3.05) is 12.9 Å². The Labute approximate surface area is 168 Å². The summed E-state index contributed by atoms with van der Waals surface area (Å²) in [6.07, 6.45) is 2.02. The number of methoxy groups -OCH3 is 1. The lowest BCUT2D eigenvalue weighted by atomic mass is 10.2. The Kier molecular flexibility index (Phi) is 7.59. The standard InChI is InChI=1S/C21H27NO4SSi/c1-25-21(23)26-19(16-15-18-11-7-5-8-12-18)17-27(24,22-28(2,3)4)20-13-9-6-10-14-20/h5-16,19H,17H2,1-4H3/b16-15+. The number of rotatable bonds is 7. The van der Waals surface area contributed by atoms with Gasteiger partial charge in [-0.1, -0.05) is 54.6 Å². The highest BCUT2D eigenvalue weighted by atomic mass is 32.2. The average molecular weight is 418 g/mol. The molecular weight excluding hydrogens is 390 g/mol. The van der Waals surface area contributed by atoms with Gasteiger partial charge in [0.25, 0.3) is 0 Å². The molecule has 0 saturated carbocycles. The van der Waals surface area contributed by atoms with Crippen LogP contribution in [0.2, 0.25) is 19.6 Å². The SMILES string of the molecule is COC(=O)OC(/C=C/c1ccccc1)CS(=O)(=N[Si](C)(C)C)c1ccccc1. The summed E-state index contributed by atoms with van der Waals surface area (Å²) in [4.78, 5) is 12.4. The van der Waals surface area contributed by atoms with Crippen molar-refractivity contribution in [1.82, 2.24) is 0 Å². The Hall–Kier alpha value is -2.38. The second-order valence-corrected chi connectivity index (χ2v) is 14.4. The molecule has 5 nitrogen and oxygen atoms in total. The zero-order valence-corrected chi connectivity index (χ0v) is 18.5. The largest absolute Gasteiger partial charge is 0.508 e. The summed E-state index contributed by atoms with van der Waals surface area (Å²) in [5, 5.41) is 0. The molecule has 2 aromatic carbocycles. The van der Waals surface area contributed by atoms with Gasteiger partial charge in [0.1, 0.15) is 6.10 Å². The lowest BCUT2D eigenvalue weighted by Crippen LogP contribution is -2.28. The van der Waals surface area contributed by atoms with Gasteiger partial charge in [0, 0.05) is 4.90 Å². The predicted octanol–water partition coefficient (Wildman–Crippen LogP) is 5.21. The van der Waals surface area contributed by atoms with Crippen molar-refractivity contribution in [3.63, 3.8) is 0 Å². The number of benzene rings is 2. The molecule has 0 bridgehead atoms. The zero-order chi connectivity index (χ0) is 20.6. The van der Waals surface area contributed by atoms with E-state index in [0.717, 1.165) is 5.56 Å². The third-order valence-electron chi connectivity index (χ3n) is 3.64. The maximum atomic E-state index is 13.9. The topological polar surface area (TPSA) is 65.0 Å². The molecule has 150 valence electrons. The molecule has 2 aromatic rings. The van der Waals surface area contributed by atoms with E-state index in [1.54, 1.807) is 6.08 Å². The maximum absolute atomic E-state index is 13.9. The molecule has 0 N–H and O–H groups in total. The molecule has 2 unspecified atom stereocenters. The van der Waals surface area contributed by atoms with Gasteiger partial charge in [0.2, 0.25) is 0 Å². The summed E-state index contributed by atoms with van der Waals surface area (Å²) < 4.78 is 28.7. The minimum absolute atomic E-state index is 0.0692. The minimum Gasteiger partial charge on any atom is -0.438 e. The van der Waals surface area contributed by atoms with Crippen LogP contribution >= 0.6 is 0 Å².